The summed E-state index contributed by atoms with van der Waals surface area (Å²) in [5.74, 6) is 0. The monoisotopic (exact) mass is 203 g/mol. The molecule has 1 atom stereocenters. The van der Waals surface area contributed by atoms with E-state index in [0.29, 0.717) is 0 Å². The minimum atomic E-state index is -2.50. The molecular formula is C3H2KNO3S2. The van der Waals surface area contributed by atoms with Gasteiger partial charge in [0.05, 0.1) is 0 Å². The third-order valence-electron chi connectivity index (χ3n) is 0.549. The summed E-state index contributed by atoms with van der Waals surface area (Å²) in [6.07, 6.45) is 1.47. The molecule has 0 radical (unpaired) electrons. The maximum Gasteiger partial charge on any atom is 1.00 e. The molecule has 4 nitrogen and oxygen atoms in total. The Bertz CT molecular complexity index is 202. The van der Waals surface area contributed by atoms with Crippen LogP contribution < -0.4 is 55.6 Å². The molecule has 0 bridgehead atoms. The molecule has 1 heterocycles. The van der Waals surface area contributed by atoms with E-state index in [4.69, 9.17) is 0 Å². The van der Waals surface area contributed by atoms with E-state index in [1.54, 1.807) is 5.38 Å². The minimum absolute atomic E-state index is 0. The first-order valence-corrected chi connectivity index (χ1v) is 3.84. The van der Waals surface area contributed by atoms with Gasteiger partial charge in [0.1, 0.15) is 11.4 Å². The molecule has 1 aromatic rings. The van der Waals surface area contributed by atoms with E-state index in [1.165, 1.54) is 6.20 Å². The van der Waals surface area contributed by atoms with Gasteiger partial charge >= 0.3 is 51.4 Å². The van der Waals surface area contributed by atoms with Gasteiger partial charge < -0.3 is 8.74 Å². The van der Waals surface area contributed by atoms with E-state index in [2.05, 4.69) is 9.17 Å². The van der Waals surface area contributed by atoms with Gasteiger partial charge in [0, 0.05) is 11.6 Å². The third-order valence-corrected chi connectivity index (χ3v) is 1.60. The topological polar surface area (TPSA) is 62.2 Å². The summed E-state index contributed by atoms with van der Waals surface area (Å²) >= 11 is -1.37. The molecule has 10 heavy (non-hydrogen) atoms. The third kappa shape index (κ3) is 4.14. The van der Waals surface area contributed by atoms with E-state index in [1.807, 2.05) is 0 Å². The average Bonchev–Trinajstić information content (AvgIpc) is 2.15. The first-order chi connectivity index (χ1) is 4.29. The Morgan fingerprint density at radius 1 is 1.80 bits per heavy atom. The zero-order valence-corrected chi connectivity index (χ0v) is 9.90. The Balaban J connectivity index is 0.000000810. The fourth-order valence-electron chi connectivity index (χ4n) is 0.310. The number of nitrogens with zero attached hydrogens (tertiary/aromatic N) is 1. The predicted molar refractivity (Wildman–Crippen MR) is 31.7 cm³/mol. The van der Waals surface area contributed by atoms with Crippen LogP contribution >= 0.6 is 11.3 Å². The van der Waals surface area contributed by atoms with E-state index in [9.17, 15) is 8.76 Å². The molecule has 0 aliphatic rings. The molecule has 0 aromatic carbocycles. The Labute approximate surface area is 107 Å². The van der Waals surface area contributed by atoms with Crippen molar-refractivity contribution in [2.45, 2.75) is 0 Å². The predicted octanol–water partition coefficient (Wildman–Crippen LogP) is -2.68. The zero-order valence-electron chi connectivity index (χ0n) is 5.14. The normalized spacial score (nSPS) is 11.7. The Morgan fingerprint density at radius 3 is 2.90 bits per heavy atom. The summed E-state index contributed by atoms with van der Waals surface area (Å²) in [5, 5.41) is 1.77. The largest absolute Gasteiger partial charge is 1.00 e. The Kier molecular flexibility index (Phi) is 6.46. The van der Waals surface area contributed by atoms with Crippen molar-refractivity contribution in [3.63, 3.8) is 0 Å². The summed E-state index contributed by atoms with van der Waals surface area (Å²) in [7, 11) is 0. The second-order valence-electron chi connectivity index (χ2n) is 1.09. The van der Waals surface area contributed by atoms with Gasteiger partial charge in [-0.25, -0.2) is 9.19 Å². The Hall–Kier alpha value is 1.18. The van der Waals surface area contributed by atoms with Crippen molar-refractivity contribution in [2.24, 2.45) is 0 Å². The van der Waals surface area contributed by atoms with Crippen molar-refractivity contribution in [2.75, 3.05) is 0 Å². The van der Waals surface area contributed by atoms with Crippen molar-refractivity contribution in [1.82, 2.24) is 4.98 Å². The molecule has 7 heteroatoms. The standard InChI is InChI=1S/C3H3NO3S2.K/c5-9(6)7-3-4-1-2-8-3;/h1-2H,(H,5,6);/q;+1/p-1. The van der Waals surface area contributed by atoms with E-state index < -0.39 is 11.4 Å². The molecule has 0 amide bonds. The number of aromatic nitrogens is 1. The summed E-state index contributed by atoms with van der Waals surface area (Å²) in [6.45, 7) is 0. The number of thiazole rings is 1. The van der Waals surface area contributed by atoms with Gasteiger partial charge in [-0.15, -0.1) is 0 Å². The van der Waals surface area contributed by atoms with Crippen LogP contribution in [0.4, 0.5) is 0 Å². The summed E-state index contributed by atoms with van der Waals surface area (Å²) in [5.41, 5.74) is 0. The first kappa shape index (κ1) is 11.2. The summed E-state index contributed by atoms with van der Waals surface area (Å²) in [6, 6.07) is 0. The van der Waals surface area contributed by atoms with Gasteiger partial charge in [-0.05, 0) is 0 Å². The van der Waals surface area contributed by atoms with Crippen molar-refractivity contribution in [3.05, 3.63) is 11.6 Å². The first-order valence-electron chi connectivity index (χ1n) is 1.96. The molecule has 0 saturated carbocycles. The van der Waals surface area contributed by atoms with Gasteiger partial charge in [0.2, 0.25) is 0 Å². The minimum Gasteiger partial charge on any atom is -0.740 e. The van der Waals surface area contributed by atoms with Gasteiger partial charge in [-0.2, -0.15) is 0 Å². The van der Waals surface area contributed by atoms with Crippen LogP contribution in [0.2, 0.25) is 0 Å². The zero-order chi connectivity index (χ0) is 6.69. The van der Waals surface area contributed by atoms with Crippen molar-refractivity contribution >= 4 is 22.7 Å². The summed E-state index contributed by atoms with van der Waals surface area (Å²) < 4.78 is 23.8. The van der Waals surface area contributed by atoms with Crippen LogP contribution in [0.15, 0.2) is 11.6 Å². The van der Waals surface area contributed by atoms with Gasteiger partial charge in [0.15, 0.2) is 0 Å². The molecule has 0 fully saturated rings. The molecule has 0 aliphatic carbocycles. The molecule has 1 unspecified atom stereocenters. The smallest absolute Gasteiger partial charge is 0.740 e. The van der Waals surface area contributed by atoms with E-state index in [-0.39, 0.29) is 56.6 Å². The van der Waals surface area contributed by atoms with Crippen LogP contribution in [0.1, 0.15) is 0 Å². The molecule has 50 valence electrons. The SMILES string of the molecule is O=S([O-])Oc1nccs1.[K+]. The van der Waals surface area contributed by atoms with Crippen LogP contribution in [0.5, 0.6) is 5.19 Å². The Morgan fingerprint density at radius 2 is 2.50 bits per heavy atom. The van der Waals surface area contributed by atoms with Gasteiger partial charge in [0.25, 0.3) is 5.19 Å². The maximum absolute atomic E-state index is 9.81. The van der Waals surface area contributed by atoms with Gasteiger partial charge in [-0.3, -0.25) is 0 Å². The second-order valence-corrected chi connectivity index (χ2v) is 2.52. The van der Waals surface area contributed by atoms with Crippen molar-refractivity contribution in [1.29, 1.82) is 0 Å². The molecule has 0 saturated heterocycles. The molecule has 0 N–H and O–H groups in total. The average molecular weight is 203 g/mol. The van der Waals surface area contributed by atoms with Gasteiger partial charge in [-0.1, -0.05) is 11.3 Å². The van der Waals surface area contributed by atoms with E-state index >= 15 is 0 Å². The quantitative estimate of drug-likeness (QED) is 0.388. The molecule has 1 aromatic heterocycles. The second kappa shape index (κ2) is 5.78. The van der Waals surface area contributed by atoms with Crippen LogP contribution in [-0.2, 0) is 11.4 Å². The van der Waals surface area contributed by atoms with Crippen molar-refractivity contribution < 1.29 is 64.3 Å². The molecule has 0 spiro atoms. The van der Waals surface area contributed by atoms with Crippen molar-refractivity contribution in [3.8, 4) is 5.19 Å². The fourth-order valence-corrected chi connectivity index (χ4v) is 1.15. The number of hydrogen-bond donors (Lipinski definition) is 0. The molecule has 1 rings (SSSR count). The maximum atomic E-state index is 9.81. The van der Waals surface area contributed by atoms with Crippen LogP contribution in [0.3, 0.4) is 0 Å². The van der Waals surface area contributed by atoms with Crippen LogP contribution in [0, 0.1) is 0 Å². The number of hydrogen-bond acceptors (Lipinski definition) is 5. The molecular weight excluding hydrogens is 201 g/mol. The van der Waals surface area contributed by atoms with E-state index in [0.717, 1.165) is 11.3 Å². The fraction of sp³-hybridized carbons (Fsp3) is 0. The molecule has 0 aliphatic heterocycles. The summed E-state index contributed by atoms with van der Waals surface area (Å²) in [4.78, 5) is 3.56. The number of rotatable bonds is 2. The van der Waals surface area contributed by atoms with Crippen LogP contribution in [0.25, 0.3) is 0 Å². The van der Waals surface area contributed by atoms with Crippen LogP contribution in [-0.4, -0.2) is 13.7 Å².